The van der Waals surface area contributed by atoms with Crippen LogP contribution in [0.1, 0.15) is 5.56 Å². The molecular formula is C13H10NO. The largest absolute Gasteiger partial charge is 0.356 e. The zero-order chi connectivity index (χ0) is 10.5. The second-order valence-corrected chi connectivity index (χ2v) is 3.17. The summed E-state index contributed by atoms with van der Waals surface area (Å²) in [6.45, 7) is 0. The SMILES string of the molecule is O=[C]c1cccc(Nc2ccccc2)c1. The number of anilines is 2. The molecule has 1 radical (unpaired) electrons. The van der Waals surface area contributed by atoms with Crippen molar-refractivity contribution in [3.8, 4) is 0 Å². The standard InChI is InChI=1S/C13H10NO/c15-10-11-5-4-8-13(9-11)14-12-6-2-1-3-7-12/h1-9,14H. The van der Waals surface area contributed by atoms with Gasteiger partial charge in [0.15, 0.2) is 0 Å². The molecule has 0 aliphatic rings. The lowest BCUT2D eigenvalue weighted by atomic mass is 10.2. The summed E-state index contributed by atoms with van der Waals surface area (Å²) >= 11 is 0. The molecule has 0 atom stereocenters. The van der Waals surface area contributed by atoms with Crippen molar-refractivity contribution in [2.45, 2.75) is 0 Å². The summed E-state index contributed by atoms with van der Waals surface area (Å²) in [7, 11) is 0. The Hall–Kier alpha value is -2.09. The number of para-hydroxylation sites is 1. The van der Waals surface area contributed by atoms with E-state index in [0.717, 1.165) is 11.4 Å². The van der Waals surface area contributed by atoms with Crippen molar-refractivity contribution in [3.63, 3.8) is 0 Å². The molecular weight excluding hydrogens is 186 g/mol. The molecule has 0 unspecified atom stereocenters. The maximum absolute atomic E-state index is 10.5. The minimum absolute atomic E-state index is 0.552. The van der Waals surface area contributed by atoms with E-state index in [1.54, 1.807) is 12.1 Å². The lowest BCUT2D eigenvalue weighted by Gasteiger charge is -2.05. The second kappa shape index (κ2) is 4.42. The second-order valence-electron chi connectivity index (χ2n) is 3.17. The molecule has 2 aromatic carbocycles. The van der Waals surface area contributed by atoms with Gasteiger partial charge < -0.3 is 5.32 Å². The lowest BCUT2D eigenvalue weighted by molar-refractivity contribution is 0.563. The van der Waals surface area contributed by atoms with Crippen LogP contribution in [-0.4, -0.2) is 6.29 Å². The van der Waals surface area contributed by atoms with Crippen LogP contribution in [0.15, 0.2) is 54.6 Å². The molecule has 0 amide bonds. The van der Waals surface area contributed by atoms with Gasteiger partial charge in [-0.1, -0.05) is 30.3 Å². The van der Waals surface area contributed by atoms with Crippen LogP contribution in [0, 0.1) is 0 Å². The van der Waals surface area contributed by atoms with Gasteiger partial charge in [-0.2, -0.15) is 0 Å². The summed E-state index contributed by atoms with van der Waals surface area (Å²) < 4.78 is 0. The molecule has 0 heterocycles. The van der Waals surface area contributed by atoms with E-state index in [9.17, 15) is 4.79 Å². The highest BCUT2D eigenvalue weighted by Crippen LogP contribution is 2.16. The monoisotopic (exact) mass is 196 g/mol. The fraction of sp³-hybridized carbons (Fsp3) is 0. The van der Waals surface area contributed by atoms with Crippen molar-refractivity contribution < 1.29 is 4.79 Å². The first-order chi connectivity index (χ1) is 7.38. The van der Waals surface area contributed by atoms with Gasteiger partial charge in [0, 0.05) is 16.9 Å². The Morgan fingerprint density at radius 2 is 1.60 bits per heavy atom. The first kappa shape index (κ1) is 9.46. The summed E-state index contributed by atoms with van der Waals surface area (Å²) in [4.78, 5) is 10.5. The van der Waals surface area contributed by atoms with Crippen LogP contribution in [0.25, 0.3) is 0 Å². The zero-order valence-corrected chi connectivity index (χ0v) is 8.10. The van der Waals surface area contributed by atoms with Crippen LogP contribution in [-0.2, 0) is 4.79 Å². The summed E-state index contributed by atoms with van der Waals surface area (Å²) in [5, 5.41) is 3.20. The third-order valence-electron chi connectivity index (χ3n) is 2.04. The normalized spacial score (nSPS) is 9.60. The van der Waals surface area contributed by atoms with Crippen LogP contribution < -0.4 is 5.32 Å². The molecule has 15 heavy (non-hydrogen) atoms. The lowest BCUT2D eigenvalue weighted by Crippen LogP contribution is -1.90. The third-order valence-corrected chi connectivity index (χ3v) is 2.04. The molecule has 0 bridgehead atoms. The van der Waals surface area contributed by atoms with Crippen LogP contribution in [0.4, 0.5) is 11.4 Å². The molecule has 2 nitrogen and oxygen atoms in total. The van der Waals surface area contributed by atoms with Crippen LogP contribution >= 0.6 is 0 Å². The van der Waals surface area contributed by atoms with Gasteiger partial charge in [0.25, 0.3) is 0 Å². The van der Waals surface area contributed by atoms with Gasteiger partial charge in [-0.25, -0.2) is 0 Å². The van der Waals surface area contributed by atoms with E-state index in [2.05, 4.69) is 5.32 Å². The fourth-order valence-electron chi connectivity index (χ4n) is 1.35. The molecule has 1 N–H and O–H groups in total. The van der Waals surface area contributed by atoms with Gasteiger partial charge in [-0.15, -0.1) is 0 Å². The average Bonchev–Trinajstić information content (AvgIpc) is 2.31. The van der Waals surface area contributed by atoms with E-state index in [-0.39, 0.29) is 0 Å². The minimum Gasteiger partial charge on any atom is -0.356 e. The van der Waals surface area contributed by atoms with E-state index < -0.39 is 0 Å². The first-order valence-electron chi connectivity index (χ1n) is 4.69. The summed E-state index contributed by atoms with van der Waals surface area (Å²) in [5.74, 6) is 0. The fourth-order valence-corrected chi connectivity index (χ4v) is 1.35. The first-order valence-corrected chi connectivity index (χ1v) is 4.69. The van der Waals surface area contributed by atoms with Gasteiger partial charge in [0.05, 0.1) is 0 Å². The predicted octanol–water partition coefficient (Wildman–Crippen LogP) is 2.89. The van der Waals surface area contributed by atoms with Crippen molar-refractivity contribution in [3.05, 3.63) is 60.2 Å². The summed E-state index contributed by atoms with van der Waals surface area (Å²) in [5.41, 5.74) is 2.44. The van der Waals surface area contributed by atoms with Gasteiger partial charge in [-0.05, 0) is 24.3 Å². The number of carbonyl (C=O) groups excluding carboxylic acids is 1. The maximum atomic E-state index is 10.5. The Morgan fingerprint density at radius 1 is 0.867 bits per heavy atom. The number of benzene rings is 2. The van der Waals surface area contributed by atoms with Gasteiger partial charge >= 0.3 is 0 Å². The van der Waals surface area contributed by atoms with Crippen LogP contribution in [0.5, 0.6) is 0 Å². The van der Waals surface area contributed by atoms with Gasteiger partial charge in [-0.3, -0.25) is 4.79 Å². The van der Waals surface area contributed by atoms with E-state index >= 15 is 0 Å². The Labute approximate surface area is 88.6 Å². The highest BCUT2D eigenvalue weighted by atomic mass is 16.1. The number of nitrogens with one attached hydrogen (secondary N) is 1. The summed E-state index contributed by atoms with van der Waals surface area (Å²) in [6.07, 6.45) is 1.86. The van der Waals surface area contributed by atoms with Crippen LogP contribution in [0.2, 0.25) is 0 Å². The van der Waals surface area contributed by atoms with Gasteiger partial charge in [0.2, 0.25) is 6.29 Å². The predicted molar refractivity (Wildman–Crippen MR) is 61.0 cm³/mol. The highest BCUT2D eigenvalue weighted by molar-refractivity contribution is 5.78. The molecule has 73 valence electrons. The van der Waals surface area contributed by atoms with E-state index in [0.29, 0.717) is 5.56 Å². The maximum Gasteiger partial charge on any atom is 0.233 e. The van der Waals surface area contributed by atoms with E-state index in [4.69, 9.17) is 0 Å². The van der Waals surface area contributed by atoms with Gasteiger partial charge in [0.1, 0.15) is 0 Å². The molecule has 0 saturated heterocycles. The topological polar surface area (TPSA) is 29.1 Å². The van der Waals surface area contributed by atoms with Crippen molar-refractivity contribution in [1.82, 2.24) is 0 Å². The third kappa shape index (κ3) is 2.44. The number of rotatable bonds is 3. The molecule has 0 spiro atoms. The van der Waals surface area contributed by atoms with Crippen LogP contribution in [0.3, 0.4) is 0 Å². The van der Waals surface area contributed by atoms with Crippen molar-refractivity contribution in [2.24, 2.45) is 0 Å². The van der Waals surface area contributed by atoms with Crippen molar-refractivity contribution >= 4 is 17.7 Å². The molecule has 0 aliphatic heterocycles. The molecule has 2 rings (SSSR count). The molecule has 0 aromatic heterocycles. The molecule has 2 heteroatoms. The van der Waals surface area contributed by atoms with E-state index in [1.807, 2.05) is 48.8 Å². The molecule has 0 aliphatic carbocycles. The average molecular weight is 196 g/mol. The summed E-state index contributed by atoms with van der Waals surface area (Å²) in [6, 6.07) is 17.0. The molecule has 2 aromatic rings. The highest BCUT2D eigenvalue weighted by Gasteiger charge is 1.95. The smallest absolute Gasteiger partial charge is 0.233 e. The van der Waals surface area contributed by atoms with Crippen molar-refractivity contribution in [2.75, 3.05) is 5.32 Å². The molecule has 0 fully saturated rings. The zero-order valence-electron chi connectivity index (χ0n) is 8.10. The minimum atomic E-state index is 0.552. The molecule has 0 saturated carbocycles. The quantitative estimate of drug-likeness (QED) is 0.817. The number of hydrogen-bond acceptors (Lipinski definition) is 2. The Kier molecular flexibility index (Phi) is 2.79. The van der Waals surface area contributed by atoms with E-state index in [1.165, 1.54) is 0 Å². The van der Waals surface area contributed by atoms with Crippen molar-refractivity contribution in [1.29, 1.82) is 0 Å². The number of hydrogen-bond donors (Lipinski definition) is 1. The Bertz CT molecular complexity index is 451. The Morgan fingerprint density at radius 3 is 2.33 bits per heavy atom. The Balaban J connectivity index is 2.21.